The minimum absolute atomic E-state index is 0.416. The summed E-state index contributed by atoms with van der Waals surface area (Å²) in [7, 11) is -3.05. The van der Waals surface area contributed by atoms with Gasteiger partial charge in [-0.05, 0) is 30.4 Å². The Labute approximate surface area is 112 Å². The second-order valence-electron chi connectivity index (χ2n) is 5.11. The minimum atomic E-state index is -3.05. The van der Waals surface area contributed by atoms with Gasteiger partial charge in [-0.3, -0.25) is 5.10 Å². The number of hydrogen-bond acceptors (Lipinski definition) is 3. The summed E-state index contributed by atoms with van der Waals surface area (Å²) in [5.41, 5.74) is 2.32. The highest BCUT2D eigenvalue weighted by molar-refractivity contribution is 7.88. The molecule has 1 aromatic carbocycles. The standard InChI is InChI=1S/C13H17N3O2S/c1-19(17,18)16-7-5-10(6-8-16)11-3-2-4-13-12(11)9-14-15-13/h2-4,9-10H,5-8H2,1H3,(H,14,15). The van der Waals surface area contributed by atoms with Gasteiger partial charge in [0.05, 0.1) is 18.0 Å². The molecule has 0 saturated carbocycles. The summed E-state index contributed by atoms with van der Waals surface area (Å²) in [4.78, 5) is 0. The van der Waals surface area contributed by atoms with E-state index in [-0.39, 0.29) is 0 Å². The summed E-state index contributed by atoms with van der Waals surface area (Å²) in [5.74, 6) is 0.416. The number of benzene rings is 1. The minimum Gasteiger partial charge on any atom is -0.278 e. The molecule has 5 nitrogen and oxygen atoms in total. The van der Waals surface area contributed by atoms with Crippen LogP contribution >= 0.6 is 0 Å². The first kappa shape index (κ1) is 12.6. The third kappa shape index (κ3) is 2.37. The SMILES string of the molecule is CS(=O)(=O)N1CCC(c2cccc3[nH]ncc23)CC1. The number of aromatic nitrogens is 2. The maximum absolute atomic E-state index is 11.5. The molecular formula is C13H17N3O2S. The average Bonchev–Trinajstić information content (AvgIpc) is 2.86. The summed E-state index contributed by atoms with van der Waals surface area (Å²) in [6, 6.07) is 6.16. The third-order valence-corrected chi connectivity index (χ3v) is 5.18. The van der Waals surface area contributed by atoms with E-state index in [1.165, 1.54) is 11.8 Å². The van der Waals surface area contributed by atoms with Crippen LogP contribution in [0.4, 0.5) is 0 Å². The first-order valence-electron chi connectivity index (χ1n) is 6.43. The Balaban J connectivity index is 1.84. The summed E-state index contributed by atoms with van der Waals surface area (Å²) in [6.45, 7) is 1.22. The largest absolute Gasteiger partial charge is 0.278 e. The molecule has 1 aromatic heterocycles. The van der Waals surface area contributed by atoms with E-state index in [4.69, 9.17) is 0 Å². The Bertz CT molecular complexity index is 685. The van der Waals surface area contributed by atoms with Gasteiger partial charge in [-0.1, -0.05) is 12.1 Å². The highest BCUT2D eigenvalue weighted by Gasteiger charge is 2.26. The fourth-order valence-corrected chi connectivity index (χ4v) is 3.72. The molecule has 0 spiro atoms. The predicted molar refractivity (Wildman–Crippen MR) is 74.5 cm³/mol. The summed E-state index contributed by atoms with van der Waals surface area (Å²) in [5, 5.41) is 8.21. The van der Waals surface area contributed by atoms with Crippen molar-refractivity contribution in [1.82, 2.24) is 14.5 Å². The average molecular weight is 279 g/mol. The van der Waals surface area contributed by atoms with Gasteiger partial charge in [0.1, 0.15) is 0 Å². The number of rotatable bonds is 2. The highest BCUT2D eigenvalue weighted by Crippen LogP contribution is 2.32. The van der Waals surface area contributed by atoms with Crippen molar-refractivity contribution in [3.05, 3.63) is 30.0 Å². The van der Waals surface area contributed by atoms with Crippen molar-refractivity contribution in [3.63, 3.8) is 0 Å². The van der Waals surface area contributed by atoms with Crippen molar-refractivity contribution in [1.29, 1.82) is 0 Å². The van der Waals surface area contributed by atoms with Crippen molar-refractivity contribution in [2.24, 2.45) is 0 Å². The van der Waals surface area contributed by atoms with E-state index in [1.54, 1.807) is 4.31 Å². The van der Waals surface area contributed by atoms with E-state index < -0.39 is 10.0 Å². The topological polar surface area (TPSA) is 66.1 Å². The number of nitrogens with one attached hydrogen (secondary N) is 1. The van der Waals surface area contributed by atoms with Gasteiger partial charge in [-0.2, -0.15) is 5.10 Å². The maximum atomic E-state index is 11.5. The number of piperidine rings is 1. The quantitative estimate of drug-likeness (QED) is 0.910. The Morgan fingerprint density at radius 1 is 1.32 bits per heavy atom. The van der Waals surface area contributed by atoms with Crippen molar-refractivity contribution in [3.8, 4) is 0 Å². The fraction of sp³-hybridized carbons (Fsp3) is 0.462. The number of hydrogen-bond donors (Lipinski definition) is 1. The highest BCUT2D eigenvalue weighted by atomic mass is 32.2. The maximum Gasteiger partial charge on any atom is 0.211 e. The second kappa shape index (κ2) is 4.61. The van der Waals surface area contributed by atoms with E-state index in [1.807, 2.05) is 18.3 Å². The zero-order chi connectivity index (χ0) is 13.5. The van der Waals surface area contributed by atoms with Gasteiger partial charge in [0.2, 0.25) is 10.0 Å². The second-order valence-corrected chi connectivity index (χ2v) is 7.10. The molecular weight excluding hydrogens is 262 g/mol. The molecule has 1 N–H and O–H groups in total. The van der Waals surface area contributed by atoms with Gasteiger partial charge >= 0.3 is 0 Å². The number of aromatic amines is 1. The molecule has 0 amide bonds. The van der Waals surface area contributed by atoms with E-state index >= 15 is 0 Å². The van der Waals surface area contributed by atoms with Crippen LogP contribution < -0.4 is 0 Å². The molecule has 6 heteroatoms. The van der Waals surface area contributed by atoms with Crippen LogP contribution in [-0.2, 0) is 10.0 Å². The van der Waals surface area contributed by atoms with Crippen molar-refractivity contribution in [2.45, 2.75) is 18.8 Å². The lowest BCUT2D eigenvalue weighted by Gasteiger charge is -2.30. The Morgan fingerprint density at radius 3 is 2.74 bits per heavy atom. The molecule has 2 heterocycles. The van der Waals surface area contributed by atoms with Gasteiger partial charge in [-0.25, -0.2) is 12.7 Å². The van der Waals surface area contributed by atoms with Crippen LogP contribution in [0.5, 0.6) is 0 Å². The molecule has 1 aliphatic rings. The Kier molecular flexibility index (Phi) is 3.06. The molecule has 0 unspecified atom stereocenters. The molecule has 0 aliphatic carbocycles. The Morgan fingerprint density at radius 2 is 2.05 bits per heavy atom. The summed E-state index contributed by atoms with van der Waals surface area (Å²) < 4.78 is 24.6. The third-order valence-electron chi connectivity index (χ3n) is 3.88. The van der Waals surface area contributed by atoms with Crippen LogP contribution in [0.1, 0.15) is 24.3 Å². The smallest absolute Gasteiger partial charge is 0.211 e. The molecule has 102 valence electrons. The summed E-state index contributed by atoms with van der Waals surface area (Å²) in [6.07, 6.45) is 4.88. The van der Waals surface area contributed by atoms with Crippen molar-refractivity contribution in [2.75, 3.05) is 19.3 Å². The molecule has 0 bridgehead atoms. The lowest BCUT2D eigenvalue weighted by Crippen LogP contribution is -2.37. The molecule has 3 rings (SSSR count). The lowest BCUT2D eigenvalue weighted by molar-refractivity contribution is 0.322. The molecule has 2 aromatic rings. The van der Waals surface area contributed by atoms with Crippen LogP contribution in [0.25, 0.3) is 10.9 Å². The lowest BCUT2D eigenvalue weighted by atomic mass is 9.88. The van der Waals surface area contributed by atoms with Crippen LogP contribution in [0.3, 0.4) is 0 Å². The van der Waals surface area contributed by atoms with E-state index in [9.17, 15) is 8.42 Å². The van der Waals surface area contributed by atoms with Crippen LogP contribution in [0.15, 0.2) is 24.4 Å². The van der Waals surface area contributed by atoms with Gasteiger partial charge in [-0.15, -0.1) is 0 Å². The zero-order valence-corrected chi connectivity index (χ0v) is 11.7. The summed E-state index contributed by atoms with van der Waals surface area (Å²) >= 11 is 0. The van der Waals surface area contributed by atoms with Crippen LogP contribution in [-0.4, -0.2) is 42.3 Å². The van der Waals surface area contributed by atoms with E-state index in [2.05, 4.69) is 16.3 Å². The molecule has 1 aliphatic heterocycles. The normalized spacial score (nSPS) is 19.0. The van der Waals surface area contributed by atoms with Crippen LogP contribution in [0.2, 0.25) is 0 Å². The fourth-order valence-electron chi connectivity index (χ4n) is 2.85. The number of fused-ring (bicyclic) bond motifs is 1. The van der Waals surface area contributed by atoms with Gasteiger partial charge in [0.25, 0.3) is 0 Å². The molecule has 1 fully saturated rings. The first-order chi connectivity index (χ1) is 9.05. The van der Waals surface area contributed by atoms with E-state index in [0.29, 0.717) is 19.0 Å². The molecule has 0 radical (unpaired) electrons. The van der Waals surface area contributed by atoms with Crippen molar-refractivity contribution >= 4 is 20.9 Å². The number of sulfonamides is 1. The van der Waals surface area contributed by atoms with E-state index in [0.717, 1.165) is 23.7 Å². The van der Waals surface area contributed by atoms with Crippen LogP contribution in [0, 0.1) is 0 Å². The zero-order valence-electron chi connectivity index (χ0n) is 10.8. The van der Waals surface area contributed by atoms with Crippen molar-refractivity contribution < 1.29 is 8.42 Å². The Hall–Kier alpha value is -1.40. The molecule has 1 saturated heterocycles. The molecule has 19 heavy (non-hydrogen) atoms. The number of H-pyrrole nitrogens is 1. The van der Waals surface area contributed by atoms with Gasteiger partial charge in [0.15, 0.2) is 0 Å². The monoisotopic (exact) mass is 279 g/mol. The predicted octanol–water partition coefficient (Wildman–Crippen LogP) is 1.70. The number of nitrogens with zero attached hydrogens (tertiary/aromatic N) is 2. The first-order valence-corrected chi connectivity index (χ1v) is 8.27. The van der Waals surface area contributed by atoms with Gasteiger partial charge < -0.3 is 0 Å². The molecule has 0 atom stereocenters. The van der Waals surface area contributed by atoms with Gasteiger partial charge in [0, 0.05) is 18.5 Å².